The highest BCUT2D eigenvalue weighted by atomic mass is 31.2. The van der Waals surface area contributed by atoms with E-state index < -0.39 is 43.5 Å². The summed E-state index contributed by atoms with van der Waals surface area (Å²) in [6.07, 6.45) is 2.91. The summed E-state index contributed by atoms with van der Waals surface area (Å²) in [5.74, 6) is -2.49. The minimum Gasteiger partial charge on any atom is -0.494 e. The molecular weight excluding hydrogens is 517 g/mol. The second kappa shape index (κ2) is 15.2. The van der Waals surface area contributed by atoms with Gasteiger partial charge in [-0.05, 0) is 56.4 Å². The Morgan fingerprint density at radius 3 is 2.39 bits per heavy atom. The van der Waals surface area contributed by atoms with Crippen molar-refractivity contribution in [2.45, 2.75) is 77.9 Å². The summed E-state index contributed by atoms with van der Waals surface area (Å²) in [5, 5.41) is 14.2. The Labute approximate surface area is 223 Å². The molecular formula is C25H40N3O9P. The van der Waals surface area contributed by atoms with Crippen LogP contribution in [0.3, 0.4) is 0 Å². The topological polar surface area (TPSA) is 184 Å². The molecule has 0 saturated carbocycles. The fourth-order valence-electron chi connectivity index (χ4n) is 4.61. The first kappa shape index (κ1) is 31.7. The molecule has 1 aromatic rings. The van der Waals surface area contributed by atoms with Crippen molar-refractivity contribution in [2.24, 2.45) is 11.8 Å². The zero-order valence-electron chi connectivity index (χ0n) is 22.1. The summed E-state index contributed by atoms with van der Waals surface area (Å²) in [5.41, 5.74) is 2.14. The molecule has 1 aromatic carbocycles. The highest BCUT2D eigenvalue weighted by molar-refractivity contribution is 7.60. The molecule has 12 nitrogen and oxygen atoms in total. The van der Waals surface area contributed by atoms with Crippen LogP contribution in [0.1, 0.15) is 77.4 Å². The van der Waals surface area contributed by atoms with E-state index >= 15 is 0 Å². The van der Waals surface area contributed by atoms with E-state index in [0.29, 0.717) is 43.6 Å². The maximum atomic E-state index is 12.9. The first-order chi connectivity index (χ1) is 18.0. The third-order valence-corrected chi connectivity index (χ3v) is 7.53. The van der Waals surface area contributed by atoms with Crippen LogP contribution in [0.25, 0.3) is 0 Å². The number of hydroxylamine groups is 1. The molecule has 2 unspecified atom stereocenters. The van der Waals surface area contributed by atoms with Gasteiger partial charge in [0.05, 0.1) is 30.6 Å². The number of hydrogen-bond acceptors (Lipinski definition) is 7. The molecule has 0 aliphatic carbocycles. The van der Waals surface area contributed by atoms with Gasteiger partial charge in [0.25, 0.3) is 5.91 Å². The molecule has 3 amide bonds. The Bertz CT molecular complexity index is 1000. The lowest BCUT2D eigenvalue weighted by Gasteiger charge is -2.24. The predicted octanol–water partition coefficient (Wildman–Crippen LogP) is 2.03. The average Bonchev–Trinajstić information content (AvgIpc) is 3.38. The number of rotatable bonds is 15. The second-order valence-corrected chi connectivity index (χ2v) is 10.9. The summed E-state index contributed by atoms with van der Waals surface area (Å²) in [4.78, 5) is 56.8. The minimum absolute atomic E-state index is 0.161. The molecule has 1 saturated heterocycles. The van der Waals surface area contributed by atoms with Crippen molar-refractivity contribution in [1.29, 1.82) is 0 Å². The van der Waals surface area contributed by atoms with Gasteiger partial charge in [0.15, 0.2) is 0 Å². The summed E-state index contributed by atoms with van der Waals surface area (Å²) in [6.45, 7) is 5.71. The third-order valence-electron chi connectivity index (χ3n) is 6.60. The molecule has 1 fully saturated rings. The van der Waals surface area contributed by atoms with Gasteiger partial charge in [-0.3, -0.25) is 24.2 Å². The van der Waals surface area contributed by atoms with Crippen LogP contribution in [-0.2, 0) is 23.7 Å². The number of carbonyl (C=O) groups excluding carboxylic acids is 3. The first-order valence-corrected chi connectivity index (χ1v) is 14.7. The quantitative estimate of drug-likeness (QED) is 0.0617. The number of benzene rings is 1. The molecule has 1 aliphatic rings. The zero-order chi connectivity index (χ0) is 28.3. The van der Waals surface area contributed by atoms with E-state index in [0.717, 1.165) is 19.3 Å². The van der Waals surface area contributed by atoms with E-state index in [2.05, 4.69) is 10.6 Å². The number of hydrogen-bond donors (Lipinski definition) is 6. The largest absolute Gasteiger partial charge is 0.494 e. The molecule has 13 heteroatoms. The van der Waals surface area contributed by atoms with E-state index in [-0.39, 0.29) is 17.9 Å². The van der Waals surface area contributed by atoms with Crippen LogP contribution >= 0.6 is 7.60 Å². The van der Waals surface area contributed by atoms with Crippen LogP contribution in [0, 0.1) is 11.8 Å². The van der Waals surface area contributed by atoms with Gasteiger partial charge < -0.3 is 29.9 Å². The minimum atomic E-state index is -4.52. The van der Waals surface area contributed by atoms with Crippen LogP contribution in [0.4, 0.5) is 0 Å². The van der Waals surface area contributed by atoms with E-state index in [1.165, 1.54) is 12.1 Å². The van der Waals surface area contributed by atoms with E-state index in [1.54, 1.807) is 25.4 Å². The van der Waals surface area contributed by atoms with Crippen molar-refractivity contribution >= 4 is 30.6 Å². The van der Waals surface area contributed by atoms with Crippen molar-refractivity contribution in [3.8, 4) is 5.75 Å². The van der Waals surface area contributed by atoms with Crippen LogP contribution in [0.15, 0.2) is 18.2 Å². The molecule has 38 heavy (non-hydrogen) atoms. The van der Waals surface area contributed by atoms with Gasteiger partial charge in [-0.15, -0.1) is 0 Å². The Morgan fingerprint density at radius 1 is 1.05 bits per heavy atom. The number of ether oxygens (including phenoxy) is 2. The molecule has 6 N–H and O–H groups in total. The lowest BCUT2D eigenvalue weighted by atomic mass is 9.84. The number of carbonyl (C=O) groups is 3. The van der Waals surface area contributed by atoms with Crippen molar-refractivity contribution in [1.82, 2.24) is 16.1 Å². The highest BCUT2D eigenvalue weighted by Gasteiger charge is 2.34. The predicted molar refractivity (Wildman–Crippen MR) is 139 cm³/mol. The van der Waals surface area contributed by atoms with Gasteiger partial charge in [0, 0.05) is 5.92 Å². The molecule has 1 aliphatic heterocycles. The van der Waals surface area contributed by atoms with Gasteiger partial charge >= 0.3 is 7.60 Å². The van der Waals surface area contributed by atoms with Gasteiger partial charge in [0.2, 0.25) is 11.8 Å². The summed E-state index contributed by atoms with van der Waals surface area (Å²) < 4.78 is 23.1. The molecule has 4 atom stereocenters. The number of unbranched alkanes of at least 4 members (excludes halogenated alkanes) is 2. The Kier molecular flexibility index (Phi) is 12.7. The van der Waals surface area contributed by atoms with Crippen molar-refractivity contribution in [3.63, 3.8) is 0 Å². The van der Waals surface area contributed by atoms with Gasteiger partial charge in [-0.2, -0.15) is 0 Å². The lowest BCUT2D eigenvalue weighted by molar-refractivity contribution is -0.141. The molecule has 214 valence electrons. The number of amides is 3. The lowest BCUT2D eigenvalue weighted by Crippen LogP contribution is -2.46. The fourth-order valence-corrected chi connectivity index (χ4v) is 5.23. The van der Waals surface area contributed by atoms with Gasteiger partial charge in [-0.1, -0.05) is 33.1 Å². The van der Waals surface area contributed by atoms with Crippen molar-refractivity contribution in [2.75, 3.05) is 13.3 Å². The van der Waals surface area contributed by atoms with Crippen LogP contribution in [-0.4, -0.2) is 52.1 Å². The maximum Gasteiger partial charge on any atom is 0.356 e. The maximum absolute atomic E-state index is 12.9. The van der Waals surface area contributed by atoms with Crippen LogP contribution in [0.5, 0.6) is 5.75 Å². The van der Waals surface area contributed by atoms with Crippen molar-refractivity contribution < 1.29 is 43.4 Å². The highest BCUT2D eigenvalue weighted by Crippen LogP contribution is 2.39. The first-order valence-electron chi connectivity index (χ1n) is 13.0. The standard InChI is InChI=1S/C25H40N3O9P/c1-4-7-8-9-20(19(5-2)24(30)28-32)23(29)26-15-27-25(31)22-11-10-21(37-22)16-12-17(36-6-3)14-18(13-16)38(33,34)35/h12-14,19-22,32H,4-11,15H2,1-3H3,(H,26,29)(H,27,31)(H,28,30)(H2,33,34,35)/t19-,20-,21?,22?/m1/s1. The monoisotopic (exact) mass is 557 g/mol. The normalized spacial score (nSPS) is 18.9. The van der Waals surface area contributed by atoms with E-state index in [9.17, 15) is 28.7 Å². The molecule has 1 heterocycles. The Balaban J connectivity index is 1.98. The molecule has 2 rings (SSSR count). The Hall–Kier alpha value is -2.50. The summed E-state index contributed by atoms with van der Waals surface area (Å²) in [6, 6.07) is 4.29. The number of nitrogens with one attached hydrogen (secondary N) is 3. The summed E-state index contributed by atoms with van der Waals surface area (Å²) in [7, 11) is -4.52. The van der Waals surface area contributed by atoms with E-state index in [4.69, 9.17) is 14.7 Å². The van der Waals surface area contributed by atoms with Gasteiger partial charge in [0.1, 0.15) is 11.9 Å². The average molecular weight is 558 g/mol. The Morgan fingerprint density at radius 2 is 1.79 bits per heavy atom. The van der Waals surface area contributed by atoms with E-state index in [1.807, 2.05) is 6.92 Å². The molecule has 0 aromatic heterocycles. The molecule has 0 spiro atoms. The smallest absolute Gasteiger partial charge is 0.356 e. The SMILES string of the molecule is CCCCC[C@@H](C(=O)NCNC(=O)C1CCC(c2cc(OCC)cc(P(=O)(O)O)c2)O1)[C@@H](CC)C(=O)NO. The zero-order valence-corrected chi connectivity index (χ0v) is 23.0. The third kappa shape index (κ3) is 9.06. The fraction of sp³-hybridized carbons (Fsp3) is 0.640. The molecule has 0 bridgehead atoms. The second-order valence-electron chi connectivity index (χ2n) is 9.28. The molecule has 0 radical (unpaired) electrons. The van der Waals surface area contributed by atoms with Gasteiger partial charge in [-0.25, -0.2) is 5.48 Å². The van der Waals surface area contributed by atoms with Crippen LogP contribution in [0.2, 0.25) is 0 Å². The summed E-state index contributed by atoms with van der Waals surface area (Å²) >= 11 is 0. The van der Waals surface area contributed by atoms with Crippen molar-refractivity contribution in [3.05, 3.63) is 23.8 Å². The van der Waals surface area contributed by atoms with Crippen LogP contribution < -0.4 is 26.2 Å².